The summed E-state index contributed by atoms with van der Waals surface area (Å²) in [7, 11) is -3.95. The second-order valence-corrected chi connectivity index (χ2v) is 9.68. The van der Waals surface area contributed by atoms with Crippen molar-refractivity contribution in [1.82, 2.24) is 24.5 Å². The molecule has 1 aliphatic carbocycles. The minimum atomic E-state index is -3.95. The molecule has 0 atom stereocenters. The molecule has 5 rings (SSSR count). The summed E-state index contributed by atoms with van der Waals surface area (Å²) in [5, 5.41) is 8.43. The maximum atomic E-state index is 13.4. The van der Waals surface area contributed by atoms with Crippen LogP contribution < -0.4 is 11.1 Å². The fourth-order valence-corrected chi connectivity index (χ4v) is 5.23. The third kappa shape index (κ3) is 3.74. The van der Waals surface area contributed by atoms with Crippen molar-refractivity contribution in [1.29, 1.82) is 0 Å². The Morgan fingerprint density at radius 3 is 2.47 bits per heavy atom. The molecule has 10 nitrogen and oxygen atoms in total. The van der Waals surface area contributed by atoms with Gasteiger partial charge in [-0.3, -0.25) is 9.59 Å². The molecule has 0 unspecified atom stereocenters. The average Bonchev–Trinajstić information content (AvgIpc) is 3.50. The number of rotatable bonds is 6. The van der Waals surface area contributed by atoms with E-state index in [1.165, 1.54) is 22.5 Å². The number of sulfonamides is 1. The lowest BCUT2D eigenvalue weighted by Crippen LogP contribution is -2.33. The zero-order valence-electron chi connectivity index (χ0n) is 16.4. The second-order valence-electron chi connectivity index (χ2n) is 7.38. The van der Waals surface area contributed by atoms with Crippen LogP contribution in [0.1, 0.15) is 18.7 Å². The molecule has 1 fully saturated rings. The van der Waals surface area contributed by atoms with Gasteiger partial charge in [-0.05, 0) is 43.2 Å². The van der Waals surface area contributed by atoms with Crippen molar-refractivity contribution in [3.63, 3.8) is 0 Å². The van der Waals surface area contributed by atoms with E-state index in [0.717, 1.165) is 0 Å². The molecule has 2 heterocycles. The average molecular weight is 474 g/mol. The molecule has 0 spiro atoms. The van der Waals surface area contributed by atoms with Gasteiger partial charge in [0.1, 0.15) is 0 Å². The van der Waals surface area contributed by atoms with Gasteiger partial charge < -0.3 is 14.4 Å². The maximum Gasteiger partial charge on any atom is 0.314 e. The molecule has 164 valence electrons. The van der Waals surface area contributed by atoms with E-state index in [1.807, 2.05) is 0 Å². The summed E-state index contributed by atoms with van der Waals surface area (Å²) in [5.74, 6) is 0.333. The van der Waals surface area contributed by atoms with E-state index >= 15 is 0 Å². The Morgan fingerprint density at radius 2 is 1.75 bits per heavy atom. The molecule has 0 bridgehead atoms. The van der Waals surface area contributed by atoms with Gasteiger partial charge in [0, 0.05) is 6.04 Å². The fourth-order valence-electron chi connectivity index (χ4n) is 3.36. The van der Waals surface area contributed by atoms with Crippen LogP contribution in [0.3, 0.4) is 0 Å². The van der Waals surface area contributed by atoms with Gasteiger partial charge in [-0.25, -0.2) is 8.42 Å². The van der Waals surface area contributed by atoms with Crippen LogP contribution in [0.2, 0.25) is 5.02 Å². The lowest BCUT2D eigenvalue weighted by Gasteiger charge is -2.20. The number of aromatic nitrogens is 4. The van der Waals surface area contributed by atoms with Crippen molar-refractivity contribution in [3.05, 3.63) is 74.1 Å². The standard InChI is InChI=1S/C20H16ClN5O5S/c21-14-4-2-1-3-13(14)20-25-24-17(31-20)10-26(11-5-6-11)32(29,30)12-7-8-15-16(9-12)23-19(28)18(27)22-15/h1-4,7-9,11H,5-6,10H2,(H,22,27)(H,23,28). The highest BCUT2D eigenvalue weighted by molar-refractivity contribution is 7.89. The molecule has 32 heavy (non-hydrogen) atoms. The summed E-state index contributed by atoms with van der Waals surface area (Å²) in [6.07, 6.45) is 1.42. The van der Waals surface area contributed by atoms with E-state index in [0.29, 0.717) is 28.9 Å². The van der Waals surface area contributed by atoms with Crippen LogP contribution in [-0.4, -0.2) is 38.9 Å². The third-order valence-electron chi connectivity index (χ3n) is 5.12. The number of H-pyrrole nitrogens is 2. The van der Waals surface area contributed by atoms with Gasteiger partial charge in [0.2, 0.25) is 21.8 Å². The first-order valence-electron chi connectivity index (χ1n) is 9.68. The summed E-state index contributed by atoms with van der Waals surface area (Å²) in [6, 6.07) is 10.9. The van der Waals surface area contributed by atoms with E-state index in [-0.39, 0.29) is 34.8 Å². The molecule has 0 radical (unpaired) electrons. The summed E-state index contributed by atoms with van der Waals surface area (Å²) in [6.45, 7) is -0.107. The first-order valence-corrected chi connectivity index (χ1v) is 11.5. The van der Waals surface area contributed by atoms with Crippen molar-refractivity contribution in [2.24, 2.45) is 0 Å². The minimum absolute atomic E-state index is 0.0227. The Morgan fingerprint density at radius 1 is 1.03 bits per heavy atom. The number of aromatic amines is 2. The Balaban J connectivity index is 1.48. The summed E-state index contributed by atoms with van der Waals surface area (Å²) in [4.78, 5) is 27.9. The molecule has 12 heteroatoms. The van der Waals surface area contributed by atoms with Gasteiger partial charge in [-0.15, -0.1) is 10.2 Å². The highest BCUT2D eigenvalue weighted by Gasteiger charge is 2.39. The van der Waals surface area contributed by atoms with E-state index in [9.17, 15) is 18.0 Å². The van der Waals surface area contributed by atoms with Crippen molar-refractivity contribution in [2.45, 2.75) is 30.3 Å². The van der Waals surface area contributed by atoms with E-state index < -0.39 is 21.1 Å². The van der Waals surface area contributed by atoms with Crippen LogP contribution in [0.25, 0.3) is 22.5 Å². The lowest BCUT2D eigenvalue weighted by atomic mass is 10.2. The number of nitrogens with zero attached hydrogens (tertiary/aromatic N) is 3. The molecule has 0 saturated heterocycles. The van der Waals surface area contributed by atoms with Crippen molar-refractivity contribution >= 4 is 32.7 Å². The molecular weight excluding hydrogens is 458 g/mol. The molecule has 1 aliphatic rings. The van der Waals surface area contributed by atoms with Crippen LogP contribution in [0.5, 0.6) is 0 Å². The zero-order chi connectivity index (χ0) is 22.5. The van der Waals surface area contributed by atoms with Crippen LogP contribution in [-0.2, 0) is 16.6 Å². The van der Waals surface area contributed by atoms with Gasteiger partial charge in [-0.1, -0.05) is 23.7 Å². The normalized spacial score (nSPS) is 14.3. The fraction of sp³-hybridized carbons (Fsp3) is 0.200. The molecule has 0 aliphatic heterocycles. The largest absolute Gasteiger partial charge is 0.419 e. The first-order chi connectivity index (χ1) is 15.3. The van der Waals surface area contributed by atoms with Crippen LogP contribution >= 0.6 is 11.6 Å². The molecular formula is C20H16ClN5O5S. The van der Waals surface area contributed by atoms with Gasteiger partial charge in [0.25, 0.3) is 0 Å². The van der Waals surface area contributed by atoms with E-state index in [4.69, 9.17) is 16.0 Å². The SMILES string of the molecule is O=c1[nH]c2ccc(S(=O)(=O)N(Cc3nnc(-c4ccccc4Cl)o3)C3CC3)cc2[nH]c1=O. The highest BCUT2D eigenvalue weighted by Crippen LogP contribution is 2.34. The monoisotopic (exact) mass is 473 g/mol. The Bertz CT molecular complexity index is 1550. The predicted molar refractivity (Wildman–Crippen MR) is 116 cm³/mol. The smallest absolute Gasteiger partial charge is 0.314 e. The second kappa shape index (κ2) is 7.69. The zero-order valence-corrected chi connectivity index (χ0v) is 18.0. The summed E-state index contributed by atoms with van der Waals surface area (Å²) < 4.78 is 33.8. The molecule has 2 aromatic heterocycles. The van der Waals surface area contributed by atoms with E-state index in [1.54, 1.807) is 24.3 Å². The third-order valence-corrected chi connectivity index (χ3v) is 7.34. The Hall–Kier alpha value is -3.28. The van der Waals surface area contributed by atoms with Crippen molar-refractivity contribution in [3.8, 4) is 11.5 Å². The number of hydrogen-bond acceptors (Lipinski definition) is 7. The Labute approximate surface area is 185 Å². The van der Waals surface area contributed by atoms with E-state index in [2.05, 4.69) is 20.2 Å². The maximum absolute atomic E-state index is 13.4. The summed E-state index contributed by atoms with van der Waals surface area (Å²) >= 11 is 6.17. The molecule has 2 aromatic carbocycles. The highest BCUT2D eigenvalue weighted by atomic mass is 35.5. The van der Waals surface area contributed by atoms with Gasteiger partial charge in [0.05, 0.1) is 33.1 Å². The van der Waals surface area contributed by atoms with Gasteiger partial charge in [-0.2, -0.15) is 4.31 Å². The predicted octanol–water partition coefficient (Wildman–Crippen LogP) is 2.27. The number of hydrogen-bond donors (Lipinski definition) is 2. The molecule has 0 amide bonds. The topological polar surface area (TPSA) is 142 Å². The lowest BCUT2D eigenvalue weighted by molar-refractivity contribution is 0.351. The number of fused-ring (bicyclic) bond motifs is 1. The van der Waals surface area contributed by atoms with Crippen LogP contribution in [0, 0.1) is 0 Å². The molecule has 2 N–H and O–H groups in total. The van der Waals surface area contributed by atoms with Gasteiger partial charge in [0.15, 0.2) is 0 Å². The molecule has 1 saturated carbocycles. The minimum Gasteiger partial charge on any atom is -0.419 e. The number of halogens is 1. The first kappa shape index (κ1) is 20.6. The van der Waals surface area contributed by atoms with Crippen molar-refractivity contribution in [2.75, 3.05) is 0 Å². The van der Waals surface area contributed by atoms with Crippen molar-refractivity contribution < 1.29 is 12.8 Å². The number of nitrogens with one attached hydrogen (secondary N) is 2. The van der Waals surface area contributed by atoms with Gasteiger partial charge >= 0.3 is 11.1 Å². The van der Waals surface area contributed by atoms with Crippen LogP contribution in [0.15, 0.2) is 61.4 Å². The summed E-state index contributed by atoms with van der Waals surface area (Å²) in [5.41, 5.74) is -0.568. The quantitative estimate of drug-likeness (QED) is 0.409. The molecule has 4 aromatic rings. The Kier molecular flexibility index (Phi) is 4.96. The van der Waals surface area contributed by atoms with Crippen LogP contribution in [0.4, 0.5) is 0 Å². The number of benzene rings is 2.